The third-order valence-electron chi connectivity index (χ3n) is 2.51. The zero-order valence-electron chi connectivity index (χ0n) is 8.80. The van der Waals surface area contributed by atoms with Gasteiger partial charge in [-0.3, -0.25) is 0 Å². The Hall–Kier alpha value is -0.540. The summed E-state index contributed by atoms with van der Waals surface area (Å²) in [6, 6.07) is 5.90. The lowest BCUT2D eigenvalue weighted by Crippen LogP contribution is -2.32. The number of ether oxygens (including phenoxy) is 1. The standard InChI is InChI=1S/C11H16BrNO/c1-4-11(2,13)9-7-8(12)5-6-10(9)14-3/h5-7H,4,13H2,1-3H3/t11-/m0/s1. The van der Waals surface area contributed by atoms with Gasteiger partial charge in [0, 0.05) is 15.6 Å². The topological polar surface area (TPSA) is 35.2 Å². The molecule has 2 nitrogen and oxygen atoms in total. The lowest BCUT2D eigenvalue weighted by molar-refractivity contribution is 0.383. The zero-order chi connectivity index (χ0) is 10.8. The molecule has 0 saturated heterocycles. The third kappa shape index (κ3) is 2.28. The van der Waals surface area contributed by atoms with E-state index in [1.165, 1.54) is 0 Å². The van der Waals surface area contributed by atoms with Gasteiger partial charge in [-0.25, -0.2) is 0 Å². The maximum Gasteiger partial charge on any atom is 0.123 e. The molecule has 0 aliphatic rings. The fraction of sp³-hybridized carbons (Fsp3) is 0.455. The maximum atomic E-state index is 6.18. The molecular weight excluding hydrogens is 242 g/mol. The van der Waals surface area contributed by atoms with Crippen LogP contribution in [-0.4, -0.2) is 7.11 Å². The highest BCUT2D eigenvalue weighted by molar-refractivity contribution is 9.10. The lowest BCUT2D eigenvalue weighted by Gasteiger charge is -2.25. The van der Waals surface area contributed by atoms with Gasteiger partial charge in [-0.15, -0.1) is 0 Å². The molecule has 0 fully saturated rings. The molecule has 14 heavy (non-hydrogen) atoms. The van der Waals surface area contributed by atoms with E-state index in [0.29, 0.717) is 0 Å². The second kappa shape index (κ2) is 4.32. The van der Waals surface area contributed by atoms with Crippen molar-refractivity contribution >= 4 is 15.9 Å². The Morgan fingerprint density at radius 1 is 1.50 bits per heavy atom. The smallest absolute Gasteiger partial charge is 0.123 e. The van der Waals surface area contributed by atoms with E-state index in [9.17, 15) is 0 Å². The van der Waals surface area contributed by atoms with Crippen LogP contribution in [0.2, 0.25) is 0 Å². The monoisotopic (exact) mass is 257 g/mol. The van der Waals surface area contributed by atoms with Crippen molar-refractivity contribution in [1.82, 2.24) is 0 Å². The SMILES string of the molecule is CC[C@](C)(N)c1cc(Br)ccc1OC. The first kappa shape index (κ1) is 11.5. The van der Waals surface area contributed by atoms with Gasteiger partial charge in [0.1, 0.15) is 5.75 Å². The van der Waals surface area contributed by atoms with Gasteiger partial charge in [-0.05, 0) is 31.5 Å². The number of hydrogen-bond acceptors (Lipinski definition) is 2. The van der Waals surface area contributed by atoms with Crippen molar-refractivity contribution in [3.63, 3.8) is 0 Å². The molecule has 0 bridgehead atoms. The number of nitrogens with two attached hydrogens (primary N) is 1. The van der Waals surface area contributed by atoms with Crippen molar-refractivity contribution in [2.45, 2.75) is 25.8 Å². The summed E-state index contributed by atoms with van der Waals surface area (Å²) < 4.78 is 6.31. The lowest BCUT2D eigenvalue weighted by atomic mass is 9.90. The number of benzene rings is 1. The normalized spacial score (nSPS) is 14.9. The summed E-state index contributed by atoms with van der Waals surface area (Å²) in [6.45, 7) is 4.08. The van der Waals surface area contributed by atoms with E-state index in [0.717, 1.165) is 22.2 Å². The van der Waals surface area contributed by atoms with Crippen molar-refractivity contribution in [3.05, 3.63) is 28.2 Å². The molecule has 1 aromatic rings. The quantitative estimate of drug-likeness (QED) is 0.904. The summed E-state index contributed by atoms with van der Waals surface area (Å²) in [6.07, 6.45) is 0.875. The molecule has 0 unspecified atom stereocenters. The highest BCUT2D eigenvalue weighted by Gasteiger charge is 2.22. The molecule has 0 aliphatic carbocycles. The molecule has 3 heteroatoms. The maximum absolute atomic E-state index is 6.18. The Bertz CT molecular complexity index is 323. The van der Waals surface area contributed by atoms with Gasteiger partial charge in [0.25, 0.3) is 0 Å². The van der Waals surface area contributed by atoms with Crippen LogP contribution < -0.4 is 10.5 Å². The summed E-state index contributed by atoms with van der Waals surface area (Å²) in [5, 5.41) is 0. The Balaban J connectivity index is 3.23. The summed E-state index contributed by atoms with van der Waals surface area (Å²) >= 11 is 3.44. The van der Waals surface area contributed by atoms with Gasteiger partial charge in [0.15, 0.2) is 0 Å². The van der Waals surface area contributed by atoms with Crippen LogP contribution in [0.1, 0.15) is 25.8 Å². The Morgan fingerprint density at radius 3 is 2.64 bits per heavy atom. The van der Waals surface area contributed by atoms with Crippen molar-refractivity contribution < 1.29 is 4.74 Å². The molecule has 0 heterocycles. The molecule has 0 radical (unpaired) electrons. The number of methoxy groups -OCH3 is 1. The van der Waals surface area contributed by atoms with E-state index in [1.807, 2.05) is 25.1 Å². The minimum Gasteiger partial charge on any atom is -0.496 e. The van der Waals surface area contributed by atoms with Crippen molar-refractivity contribution in [1.29, 1.82) is 0 Å². The molecule has 1 aromatic carbocycles. The van der Waals surface area contributed by atoms with Crippen LogP contribution in [0.25, 0.3) is 0 Å². The Morgan fingerprint density at radius 2 is 2.14 bits per heavy atom. The third-order valence-corrected chi connectivity index (χ3v) is 3.00. The van der Waals surface area contributed by atoms with E-state index >= 15 is 0 Å². The predicted molar refractivity (Wildman–Crippen MR) is 62.5 cm³/mol. The molecular formula is C11H16BrNO. The number of hydrogen-bond donors (Lipinski definition) is 1. The molecule has 1 atom stereocenters. The molecule has 0 spiro atoms. The van der Waals surface area contributed by atoms with Gasteiger partial charge < -0.3 is 10.5 Å². The van der Waals surface area contributed by atoms with Crippen LogP contribution >= 0.6 is 15.9 Å². The molecule has 2 N–H and O–H groups in total. The van der Waals surface area contributed by atoms with Gasteiger partial charge >= 0.3 is 0 Å². The van der Waals surface area contributed by atoms with Crippen molar-refractivity contribution in [2.24, 2.45) is 5.73 Å². The zero-order valence-corrected chi connectivity index (χ0v) is 10.4. The first-order chi connectivity index (χ1) is 6.51. The summed E-state index contributed by atoms with van der Waals surface area (Å²) in [5.74, 6) is 0.847. The molecule has 0 aliphatic heterocycles. The summed E-state index contributed by atoms with van der Waals surface area (Å²) in [5.41, 5.74) is 6.88. The second-order valence-electron chi connectivity index (χ2n) is 3.62. The molecule has 0 amide bonds. The first-order valence-corrected chi connectivity index (χ1v) is 5.43. The van der Waals surface area contributed by atoms with E-state index < -0.39 is 0 Å². The summed E-state index contributed by atoms with van der Waals surface area (Å²) in [4.78, 5) is 0. The Kier molecular flexibility index (Phi) is 3.56. The van der Waals surface area contributed by atoms with Crippen molar-refractivity contribution in [2.75, 3.05) is 7.11 Å². The van der Waals surface area contributed by atoms with Gasteiger partial charge in [0.2, 0.25) is 0 Å². The van der Waals surface area contributed by atoms with Crippen LogP contribution in [0.15, 0.2) is 22.7 Å². The molecule has 0 aromatic heterocycles. The molecule has 78 valence electrons. The average molecular weight is 258 g/mol. The van der Waals surface area contributed by atoms with Crippen molar-refractivity contribution in [3.8, 4) is 5.75 Å². The number of rotatable bonds is 3. The van der Waals surface area contributed by atoms with Crippen LogP contribution in [0.5, 0.6) is 5.75 Å². The van der Waals surface area contributed by atoms with Gasteiger partial charge in [-0.1, -0.05) is 22.9 Å². The number of halogens is 1. The van der Waals surface area contributed by atoms with E-state index in [4.69, 9.17) is 10.5 Å². The predicted octanol–water partition coefficient (Wildman–Crippen LogP) is 3.04. The van der Waals surface area contributed by atoms with E-state index in [2.05, 4.69) is 22.9 Å². The minimum atomic E-state index is -0.338. The molecule has 0 saturated carbocycles. The fourth-order valence-electron chi connectivity index (χ4n) is 1.32. The molecule has 1 rings (SSSR count). The fourth-order valence-corrected chi connectivity index (χ4v) is 1.68. The second-order valence-corrected chi connectivity index (χ2v) is 4.53. The first-order valence-electron chi connectivity index (χ1n) is 4.64. The largest absolute Gasteiger partial charge is 0.496 e. The van der Waals surface area contributed by atoms with E-state index in [1.54, 1.807) is 7.11 Å². The highest BCUT2D eigenvalue weighted by Crippen LogP contribution is 2.32. The Labute approximate surface area is 93.6 Å². The van der Waals surface area contributed by atoms with Crippen LogP contribution in [0.4, 0.5) is 0 Å². The van der Waals surface area contributed by atoms with Gasteiger partial charge in [-0.2, -0.15) is 0 Å². The van der Waals surface area contributed by atoms with Crippen LogP contribution in [0, 0.1) is 0 Å². The van der Waals surface area contributed by atoms with Crippen LogP contribution in [0.3, 0.4) is 0 Å². The highest BCUT2D eigenvalue weighted by atomic mass is 79.9. The average Bonchev–Trinajstić information content (AvgIpc) is 2.18. The van der Waals surface area contributed by atoms with E-state index in [-0.39, 0.29) is 5.54 Å². The minimum absolute atomic E-state index is 0.338. The van der Waals surface area contributed by atoms with Crippen LogP contribution in [-0.2, 0) is 5.54 Å². The summed E-state index contributed by atoms with van der Waals surface area (Å²) in [7, 11) is 1.67. The van der Waals surface area contributed by atoms with Gasteiger partial charge in [0.05, 0.1) is 7.11 Å².